The maximum atomic E-state index is 11.6. The molecule has 0 spiro atoms. The van der Waals surface area contributed by atoms with Crippen LogP contribution in [-0.4, -0.2) is 11.9 Å². The molecule has 1 fully saturated rings. The van der Waals surface area contributed by atoms with E-state index in [9.17, 15) is 4.79 Å². The summed E-state index contributed by atoms with van der Waals surface area (Å²) in [5, 5.41) is 0. The molecule has 1 aliphatic rings. The Labute approximate surface area is 90.3 Å². The number of rotatable bonds is 5. The van der Waals surface area contributed by atoms with Crippen molar-refractivity contribution in [1.29, 1.82) is 0 Å². The van der Waals surface area contributed by atoms with Gasteiger partial charge in [0.05, 0.1) is 6.10 Å². The molecular formula is C13H16O2. The van der Waals surface area contributed by atoms with E-state index in [1.807, 2.05) is 31.2 Å². The van der Waals surface area contributed by atoms with E-state index < -0.39 is 0 Å². The van der Waals surface area contributed by atoms with E-state index in [4.69, 9.17) is 4.74 Å². The minimum absolute atomic E-state index is 0.207. The number of Topliss-reactive ketones (excluding diaryl/α,β-unsaturated/α-hetero) is 1. The van der Waals surface area contributed by atoms with Crippen molar-refractivity contribution in [2.24, 2.45) is 0 Å². The summed E-state index contributed by atoms with van der Waals surface area (Å²) in [6, 6.07) is 7.52. The molecule has 0 unspecified atom stereocenters. The summed E-state index contributed by atoms with van der Waals surface area (Å²) in [5.74, 6) is 1.04. The van der Waals surface area contributed by atoms with Gasteiger partial charge in [-0.1, -0.05) is 19.1 Å². The van der Waals surface area contributed by atoms with Crippen molar-refractivity contribution in [1.82, 2.24) is 0 Å². The Hall–Kier alpha value is -1.31. The standard InChI is InChI=1S/C13H16O2/c1-2-4-13(14)10-5-3-6-12(9-10)15-11-7-8-11/h3,5-6,9,11H,2,4,7-8H2,1H3. The Balaban J connectivity index is 2.06. The Bertz CT molecular complexity index is 353. The zero-order valence-electron chi connectivity index (χ0n) is 9.03. The molecular weight excluding hydrogens is 188 g/mol. The van der Waals surface area contributed by atoms with Crippen molar-refractivity contribution in [3.8, 4) is 5.75 Å². The lowest BCUT2D eigenvalue weighted by molar-refractivity contribution is 0.0981. The van der Waals surface area contributed by atoms with E-state index in [1.54, 1.807) is 0 Å². The van der Waals surface area contributed by atoms with Gasteiger partial charge in [0.2, 0.25) is 0 Å². The summed E-state index contributed by atoms with van der Waals surface area (Å²) in [6.07, 6.45) is 4.20. The molecule has 0 heterocycles. The Kier molecular flexibility index (Phi) is 3.05. The number of carbonyl (C=O) groups excluding carboxylic acids is 1. The molecule has 0 aromatic heterocycles. The normalized spacial score (nSPS) is 15.0. The molecule has 1 saturated carbocycles. The van der Waals surface area contributed by atoms with Crippen molar-refractivity contribution >= 4 is 5.78 Å². The molecule has 1 aliphatic carbocycles. The van der Waals surface area contributed by atoms with Crippen LogP contribution in [0.4, 0.5) is 0 Å². The summed E-state index contributed by atoms with van der Waals surface area (Å²) in [7, 11) is 0. The van der Waals surface area contributed by atoms with Gasteiger partial charge in [-0.15, -0.1) is 0 Å². The monoisotopic (exact) mass is 204 g/mol. The van der Waals surface area contributed by atoms with Crippen molar-refractivity contribution in [2.75, 3.05) is 0 Å². The number of benzene rings is 1. The van der Waals surface area contributed by atoms with Gasteiger partial charge in [0.1, 0.15) is 5.75 Å². The van der Waals surface area contributed by atoms with Crippen molar-refractivity contribution in [2.45, 2.75) is 38.7 Å². The third-order valence-corrected chi connectivity index (χ3v) is 2.46. The largest absolute Gasteiger partial charge is 0.490 e. The number of hydrogen-bond acceptors (Lipinski definition) is 2. The average Bonchev–Trinajstić information content (AvgIpc) is 3.03. The van der Waals surface area contributed by atoms with Crippen LogP contribution in [0.25, 0.3) is 0 Å². The highest BCUT2D eigenvalue weighted by Gasteiger charge is 2.23. The number of ketones is 1. The summed E-state index contributed by atoms with van der Waals surface area (Å²) in [6.45, 7) is 2.02. The second kappa shape index (κ2) is 4.47. The predicted octanol–water partition coefficient (Wildman–Crippen LogP) is 3.21. The lowest BCUT2D eigenvalue weighted by atomic mass is 10.1. The second-order valence-electron chi connectivity index (χ2n) is 4.02. The van der Waals surface area contributed by atoms with Gasteiger partial charge in [-0.3, -0.25) is 4.79 Å². The number of hydrogen-bond donors (Lipinski definition) is 0. The zero-order chi connectivity index (χ0) is 10.7. The Morgan fingerprint density at radius 3 is 2.93 bits per heavy atom. The van der Waals surface area contributed by atoms with Crippen LogP contribution < -0.4 is 4.74 Å². The SMILES string of the molecule is CCCC(=O)c1cccc(OC2CC2)c1. The molecule has 15 heavy (non-hydrogen) atoms. The summed E-state index contributed by atoms with van der Waals surface area (Å²) in [5.41, 5.74) is 0.773. The predicted molar refractivity (Wildman–Crippen MR) is 59.3 cm³/mol. The van der Waals surface area contributed by atoms with Crippen LogP contribution in [0.1, 0.15) is 43.0 Å². The molecule has 2 rings (SSSR count). The van der Waals surface area contributed by atoms with E-state index in [2.05, 4.69) is 0 Å². The average molecular weight is 204 g/mol. The van der Waals surface area contributed by atoms with E-state index in [-0.39, 0.29) is 5.78 Å². The van der Waals surface area contributed by atoms with Crippen LogP contribution in [0.2, 0.25) is 0 Å². The lowest BCUT2D eigenvalue weighted by Gasteiger charge is -2.05. The quantitative estimate of drug-likeness (QED) is 0.688. The molecule has 0 bridgehead atoms. The maximum Gasteiger partial charge on any atom is 0.162 e. The third kappa shape index (κ3) is 2.82. The van der Waals surface area contributed by atoms with Crippen LogP contribution in [0.3, 0.4) is 0 Å². The van der Waals surface area contributed by atoms with Crippen molar-refractivity contribution in [3.05, 3.63) is 29.8 Å². The first-order valence-electron chi connectivity index (χ1n) is 5.59. The third-order valence-electron chi connectivity index (χ3n) is 2.46. The molecule has 1 aromatic carbocycles. The van der Waals surface area contributed by atoms with Crippen molar-refractivity contribution < 1.29 is 9.53 Å². The van der Waals surface area contributed by atoms with Gasteiger partial charge in [-0.05, 0) is 31.4 Å². The van der Waals surface area contributed by atoms with E-state index in [1.165, 1.54) is 0 Å². The Morgan fingerprint density at radius 2 is 2.27 bits per heavy atom. The van der Waals surface area contributed by atoms with Crippen LogP contribution >= 0.6 is 0 Å². The van der Waals surface area contributed by atoms with Gasteiger partial charge in [-0.2, -0.15) is 0 Å². The zero-order valence-corrected chi connectivity index (χ0v) is 9.03. The molecule has 0 radical (unpaired) electrons. The molecule has 0 aliphatic heterocycles. The molecule has 80 valence electrons. The molecule has 0 amide bonds. The van der Waals surface area contributed by atoms with Crippen LogP contribution in [-0.2, 0) is 0 Å². The fourth-order valence-corrected chi connectivity index (χ4v) is 1.49. The molecule has 0 saturated heterocycles. The van der Waals surface area contributed by atoms with E-state index >= 15 is 0 Å². The lowest BCUT2D eigenvalue weighted by Crippen LogP contribution is -2.00. The van der Waals surface area contributed by atoms with Crippen LogP contribution in [0.15, 0.2) is 24.3 Å². The Morgan fingerprint density at radius 1 is 1.47 bits per heavy atom. The van der Waals surface area contributed by atoms with Crippen molar-refractivity contribution in [3.63, 3.8) is 0 Å². The first-order valence-corrected chi connectivity index (χ1v) is 5.59. The first kappa shape index (κ1) is 10.2. The molecule has 2 heteroatoms. The summed E-state index contributed by atoms with van der Waals surface area (Å²) < 4.78 is 5.64. The second-order valence-corrected chi connectivity index (χ2v) is 4.02. The fraction of sp³-hybridized carbons (Fsp3) is 0.462. The first-order chi connectivity index (χ1) is 7.29. The van der Waals surface area contributed by atoms with Crippen LogP contribution in [0.5, 0.6) is 5.75 Å². The minimum Gasteiger partial charge on any atom is -0.490 e. The molecule has 0 N–H and O–H groups in total. The highest BCUT2D eigenvalue weighted by atomic mass is 16.5. The van der Waals surface area contributed by atoms with Crippen LogP contribution in [0, 0.1) is 0 Å². The molecule has 2 nitrogen and oxygen atoms in total. The van der Waals surface area contributed by atoms with Gasteiger partial charge in [0, 0.05) is 12.0 Å². The molecule has 0 atom stereocenters. The number of ether oxygens (including phenoxy) is 1. The number of carbonyl (C=O) groups is 1. The summed E-state index contributed by atoms with van der Waals surface area (Å²) in [4.78, 5) is 11.6. The van der Waals surface area contributed by atoms with Gasteiger partial charge in [0.15, 0.2) is 5.78 Å². The molecule has 1 aromatic rings. The van der Waals surface area contributed by atoms with Gasteiger partial charge in [0.25, 0.3) is 0 Å². The maximum absolute atomic E-state index is 11.6. The summed E-state index contributed by atoms with van der Waals surface area (Å²) >= 11 is 0. The highest BCUT2D eigenvalue weighted by molar-refractivity contribution is 5.96. The van der Waals surface area contributed by atoms with Gasteiger partial charge < -0.3 is 4.74 Å². The van der Waals surface area contributed by atoms with Gasteiger partial charge in [-0.25, -0.2) is 0 Å². The highest BCUT2D eigenvalue weighted by Crippen LogP contribution is 2.27. The topological polar surface area (TPSA) is 26.3 Å². The smallest absolute Gasteiger partial charge is 0.162 e. The minimum atomic E-state index is 0.207. The van der Waals surface area contributed by atoms with E-state index in [0.29, 0.717) is 12.5 Å². The fourth-order valence-electron chi connectivity index (χ4n) is 1.49. The van der Waals surface area contributed by atoms with E-state index in [0.717, 1.165) is 30.6 Å². The van der Waals surface area contributed by atoms with Gasteiger partial charge >= 0.3 is 0 Å².